The van der Waals surface area contributed by atoms with Crippen molar-refractivity contribution in [1.29, 1.82) is 0 Å². The molecule has 31 heavy (non-hydrogen) atoms. The van der Waals surface area contributed by atoms with Crippen molar-refractivity contribution in [2.24, 2.45) is 0 Å². The van der Waals surface area contributed by atoms with Gasteiger partial charge in [-0.1, -0.05) is 66.5 Å². The fourth-order valence-electron chi connectivity index (χ4n) is 3.20. The Kier molecular flexibility index (Phi) is 8.13. The molecule has 0 saturated heterocycles. The molecular formula is C24H27Cl2N3O2. The average molecular weight is 460 g/mol. The van der Waals surface area contributed by atoms with Crippen LogP contribution in [0.4, 0.5) is 0 Å². The van der Waals surface area contributed by atoms with Crippen LogP contribution in [-0.2, 0) is 13.1 Å². The molecule has 0 aliphatic rings. The summed E-state index contributed by atoms with van der Waals surface area (Å²) in [6.07, 6.45) is 2.26. The number of nitrogens with one attached hydrogen (secondary N) is 1. The van der Waals surface area contributed by atoms with E-state index in [0.717, 1.165) is 17.5 Å². The highest BCUT2D eigenvalue weighted by Gasteiger charge is 2.21. The van der Waals surface area contributed by atoms with Crippen LogP contribution in [0.2, 0.25) is 10.0 Å². The Hall–Kier alpha value is -2.34. The lowest BCUT2D eigenvalue weighted by Crippen LogP contribution is -2.32. The monoisotopic (exact) mass is 459 g/mol. The summed E-state index contributed by atoms with van der Waals surface area (Å²) in [6, 6.07) is 15.8. The highest BCUT2D eigenvalue weighted by atomic mass is 35.5. The maximum absolute atomic E-state index is 12.4. The van der Waals surface area contributed by atoms with Crippen molar-refractivity contribution in [3.63, 3.8) is 0 Å². The molecule has 0 aliphatic carbocycles. The van der Waals surface area contributed by atoms with E-state index in [-0.39, 0.29) is 23.7 Å². The molecule has 3 aromatic rings. The van der Waals surface area contributed by atoms with Crippen molar-refractivity contribution in [2.75, 3.05) is 0 Å². The van der Waals surface area contributed by atoms with Crippen LogP contribution in [0, 0.1) is 0 Å². The quantitative estimate of drug-likeness (QED) is 0.409. The number of rotatable bonds is 9. The van der Waals surface area contributed by atoms with E-state index < -0.39 is 0 Å². The molecule has 0 spiro atoms. The van der Waals surface area contributed by atoms with E-state index in [2.05, 4.69) is 34.3 Å². The number of amides is 1. The molecule has 7 heteroatoms. The lowest BCUT2D eigenvalue weighted by molar-refractivity contribution is 0.0934. The van der Waals surface area contributed by atoms with Crippen molar-refractivity contribution in [3.8, 4) is 0 Å². The SMILES string of the molecule is CC[C@H](C)NC(=O)c1coc(CN(Cc2ccc(Cl)cc2Cl)[C@H](C)c2ccccc2)n1. The van der Waals surface area contributed by atoms with Gasteiger partial charge in [0.05, 0.1) is 6.54 Å². The summed E-state index contributed by atoms with van der Waals surface area (Å²) < 4.78 is 5.64. The van der Waals surface area contributed by atoms with E-state index in [1.165, 1.54) is 6.26 Å². The topological polar surface area (TPSA) is 58.4 Å². The summed E-state index contributed by atoms with van der Waals surface area (Å²) in [5.74, 6) is 0.245. The number of carbonyl (C=O) groups excluding carboxylic acids is 1. The highest BCUT2D eigenvalue weighted by molar-refractivity contribution is 6.35. The third kappa shape index (κ3) is 6.33. The number of hydrogen-bond donors (Lipinski definition) is 1. The van der Waals surface area contributed by atoms with Gasteiger partial charge in [-0.2, -0.15) is 0 Å². The zero-order valence-electron chi connectivity index (χ0n) is 17.9. The van der Waals surface area contributed by atoms with E-state index in [1.54, 1.807) is 6.07 Å². The Labute approximate surface area is 193 Å². The Morgan fingerprint density at radius 1 is 1.13 bits per heavy atom. The Bertz CT molecular complexity index is 1010. The first-order valence-electron chi connectivity index (χ1n) is 10.4. The van der Waals surface area contributed by atoms with Gasteiger partial charge in [-0.25, -0.2) is 4.98 Å². The molecule has 5 nitrogen and oxygen atoms in total. The number of halogens is 2. The molecule has 0 fully saturated rings. The van der Waals surface area contributed by atoms with E-state index in [1.807, 2.05) is 44.2 Å². The van der Waals surface area contributed by atoms with E-state index in [0.29, 0.717) is 29.0 Å². The fraction of sp³-hybridized carbons (Fsp3) is 0.333. The molecule has 3 rings (SSSR count). The second-order valence-electron chi connectivity index (χ2n) is 7.64. The molecule has 2 aromatic carbocycles. The van der Waals surface area contributed by atoms with Gasteiger partial charge < -0.3 is 9.73 Å². The van der Waals surface area contributed by atoms with Crippen LogP contribution in [0.1, 0.15) is 60.7 Å². The second kappa shape index (κ2) is 10.8. The molecule has 1 N–H and O–H groups in total. The maximum atomic E-state index is 12.4. The molecule has 0 saturated carbocycles. The number of oxazole rings is 1. The van der Waals surface area contributed by atoms with Crippen LogP contribution in [0.3, 0.4) is 0 Å². The summed E-state index contributed by atoms with van der Waals surface area (Å²) in [4.78, 5) is 19.0. The summed E-state index contributed by atoms with van der Waals surface area (Å²) in [5, 5.41) is 4.12. The number of aromatic nitrogens is 1. The van der Waals surface area contributed by atoms with Gasteiger partial charge in [-0.3, -0.25) is 9.69 Å². The molecule has 0 aliphatic heterocycles. The van der Waals surface area contributed by atoms with E-state index in [9.17, 15) is 4.79 Å². The van der Waals surface area contributed by atoms with Gasteiger partial charge in [-0.15, -0.1) is 0 Å². The van der Waals surface area contributed by atoms with Gasteiger partial charge in [0.15, 0.2) is 5.69 Å². The molecule has 0 bridgehead atoms. The Morgan fingerprint density at radius 3 is 2.55 bits per heavy atom. The second-order valence-corrected chi connectivity index (χ2v) is 8.48. The molecule has 2 atom stereocenters. The van der Waals surface area contributed by atoms with Gasteiger partial charge in [-0.05, 0) is 43.5 Å². The first kappa shape index (κ1) is 23.3. The lowest BCUT2D eigenvalue weighted by Gasteiger charge is -2.28. The van der Waals surface area contributed by atoms with Crippen molar-refractivity contribution in [1.82, 2.24) is 15.2 Å². The molecule has 0 radical (unpaired) electrons. The van der Waals surface area contributed by atoms with Crippen LogP contribution in [0.5, 0.6) is 0 Å². The van der Waals surface area contributed by atoms with Crippen molar-refractivity contribution < 1.29 is 9.21 Å². The minimum absolute atomic E-state index is 0.0669. The summed E-state index contributed by atoms with van der Waals surface area (Å²) >= 11 is 12.5. The van der Waals surface area contributed by atoms with Gasteiger partial charge in [0.1, 0.15) is 6.26 Å². The Morgan fingerprint density at radius 2 is 1.87 bits per heavy atom. The summed E-state index contributed by atoms with van der Waals surface area (Å²) in [6.45, 7) is 7.09. The molecule has 1 aromatic heterocycles. The number of nitrogens with zero attached hydrogens (tertiary/aromatic N) is 2. The average Bonchev–Trinajstić information content (AvgIpc) is 3.23. The molecule has 1 amide bonds. The van der Waals surface area contributed by atoms with E-state index in [4.69, 9.17) is 27.6 Å². The Balaban J connectivity index is 1.82. The van der Waals surface area contributed by atoms with Gasteiger partial charge >= 0.3 is 0 Å². The highest BCUT2D eigenvalue weighted by Crippen LogP contribution is 2.28. The molecule has 0 unspecified atom stereocenters. The van der Waals surface area contributed by atoms with Crippen molar-refractivity contribution in [3.05, 3.63) is 87.6 Å². The normalized spacial score (nSPS) is 13.2. The minimum atomic E-state index is -0.229. The van der Waals surface area contributed by atoms with Crippen LogP contribution < -0.4 is 5.32 Å². The summed E-state index contributed by atoms with van der Waals surface area (Å²) in [7, 11) is 0. The number of carbonyl (C=O) groups is 1. The summed E-state index contributed by atoms with van der Waals surface area (Å²) in [5.41, 5.74) is 2.40. The molecular weight excluding hydrogens is 433 g/mol. The standard InChI is InChI=1S/C24H27Cl2N3O2/c1-4-16(2)27-24(30)22-15-31-23(28-22)14-29(17(3)18-8-6-5-7-9-18)13-19-10-11-20(25)12-21(19)26/h5-12,15-17H,4,13-14H2,1-3H3,(H,27,30)/t16-,17+/m0/s1. The lowest BCUT2D eigenvalue weighted by atomic mass is 10.1. The minimum Gasteiger partial charge on any atom is -0.447 e. The zero-order valence-corrected chi connectivity index (χ0v) is 19.5. The van der Waals surface area contributed by atoms with Gasteiger partial charge in [0.25, 0.3) is 5.91 Å². The van der Waals surface area contributed by atoms with Crippen LogP contribution in [0.25, 0.3) is 0 Å². The number of benzene rings is 2. The molecule has 164 valence electrons. The van der Waals surface area contributed by atoms with Crippen LogP contribution in [-0.4, -0.2) is 21.8 Å². The third-order valence-electron chi connectivity index (χ3n) is 5.33. The number of hydrogen-bond acceptors (Lipinski definition) is 4. The molecule has 1 heterocycles. The smallest absolute Gasteiger partial charge is 0.273 e. The predicted molar refractivity (Wildman–Crippen MR) is 124 cm³/mol. The first-order valence-corrected chi connectivity index (χ1v) is 11.1. The van der Waals surface area contributed by atoms with Gasteiger partial charge in [0, 0.05) is 28.7 Å². The predicted octanol–water partition coefficient (Wildman–Crippen LogP) is 6.27. The van der Waals surface area contributed by atoms with Gasteiger partial charge in [0.2, 0.25) is 5.89 Å². The third-order valence-corrected chi connectivity index (χ3v) is 5.92. The van der Waals surface area contributed by atoms with Crippen LogP contribution >= 0.6 is 23.2 Å². The van der Waals surface area contributed by atoms with Crippen molar-refractivity contribution >= 4 is 29.1 Å². The fourth-order valence-corrected chi connectivity index (χ4v) is 3.67. The van der Waals surface area contributed by atoms with Crippen molar-refractivity contribution in [2.45, 2.75) is 52.4 Å². The van der Waals surface area contributed by atoms with E-state index >= 15 is 0 Å². The van der Waals surface area contributed by atoms with Crippen LogP contribution in [0.15, 0.2) is 59.2 Å². The largest absolute Gasteiger partial charge is 0.447 e. The maximum Gasteiger partial charge on any atom is 0.273 e. The zero-order chi connectivity index (χ0) is 22.4. The first-order chi connectivity index (χ1) is 14.9.